The predicted molar refractivity (Wildman–Crippen MR) is 35.2 cm³/mol. The number of nitrogens with one attached hydrogen (secondary N) is 1. The SMILES string of the molecule is C[C@H](CO)C(=O)NOP. The highest BCUT2D eigenvalue weighted by Crippen LogP contribution is 1.92. The van der Waals surface area contributed by atoms with Gasteiger partial charge in [-0.15, -0.1) is 0 Å². The summed E-state index contributed by atoms with van der Waals surface area (Å²) in [5, 5.41) is 8.41. The smallest absolute Gasteiger partial charge is 0.248 e. The van der Waals surface area contributed by atoms with Gasteiger partial charge in [0.05, 0.1) is 12.5 Å². The Balaban J connectivity index is 3.46. The van der Waals surface area contributed by atoms with Gasteiger partial charge in [-0.25, -0.2) is 5.48 Å². The van der Waals surface area contributed by atoms with Crippen molar-refractivity contribution in [2.75, 3.05) is 6.61 Å². The van der Waals surface area contributed by atoms with E-state index >= 15 is 0 Å². The first kappa shape index (κ1) is 8.82. The van der Waals surface area contributed by atoms with E-state index < -0.39 is 5.92 Å². The van der Waals surface area contributed by atoms with E-state index in [0.29, 0.717) is 0 Å². The van der Waals surface area contributed by atoms with E-state index in [-0.39, 0.29) is 12.5 Å². The lowest BCUT2D eigenvalue weighted by Gasteiger charge is -2.05. The first-order valence-corrected chi connectivity index (χ1v) is 2.96. The van der Waals surface area contributed by atoms with Crippen LogP contribution in [0.5, 0.6) is 0 Å². The van der Waals surface area contributed by atoms with Crippen molar-refractivity contribution in [3.05, 3.63) is 0 Å². The monoisotopic (exact) mass is 151 g/mol. The number of amides is 1. The number of carbonyl (C=O) groups is 1. The number of aliphatic hydroxyl groups excluding tert-OH is 1. The molecule has 0 spiro atoms. The maximum atomic E-state index is 10.6. The van der Waals surface area contributed by atoms with E-state index in [1.165, 1.54) is 0 Å². The Morgan fingerprint density at radius 3 is 2.89 bits per heavy atom. The third-order valence-electron chi connectivity index (χ3n) is 0.881. The summed E-state index contributed by atoms with van der Waals surface area (Å²) in [6.45, 7) is 1.43. The minimum atomic E-state index is -0.412. The topological polar surface area (TPSA) is 58.6 Å². The molecule has 2 atom stereocenters. The summed E-state index contributed by atoms with van der Waals surface area (Å²) in [6, 6.07) is 0. The molecule has 5 heteroatoms. The second kappa shape index (κ2) is 4.68. The van der Waals surface area contributed by atoms with Gasteiger partial charge >= 0.3 is 0 Å². The third kappa shape index (κ3) is 3.40. The van der Waals surface area contributed by atoms with Gasteiger partial charge in [-0.1, -0.05) is 6.92 Å². The Kier molecular flexibility index (Phi) is 4.58. The number of hydroxylamine groups is 1. The molecule has 0 rings (SSSR count). The molecule has 0 fully saturated rings. The average Bonchev–Trinajstić information content (AvgIpc) is 1.87. The molecule has 54 valence electrons. The van der Waals surface area contributed by atoms with Crippen LogP contribution in [-0.2, 0) is 9.42 Å². The Hall–Kier alpha value is -0.180. The van der Waals surface area contributed by atoms with E-state index in [4.69, 9.17) is 5.11 Å². The minimum absolute atomic E-state index is 0.167. The van der Waals surface area contributed by atoms with Crippen molar-refractivity contribution in [3.8, 4) is 0 Å². The van der Waals surface area contributed by atoms with Crippen LogP contribution in [0.2, 0.25) is 0 Å². The second-order valence-electron chi connectivity index (χ2n) is 1.67. The fourth-order valence-electron chi connectivity index (χ4n) is 0.242. The molecule has 0 bridgehead atoms. The first-order chi connectivity index (χ1) is 4.22. The van der Waals surface area contributed by atoms with Gasteiger partial charge < -0.3 is 5.11 Å². The molecule has 0 radical (unpaired) electrons. The Morgan fingerprint density at radius 2 is 2.56 bits per heavy atom. The van der Waals surface area contributed by atoms with E-state index in [9.17, 15) is 4.79 Å². The molecule has 1 amide bonds. The molecule has 1 unspecified atom stereocenters. The van der Waals surface area contributed by atoms with Gasteiger partial charge in [-0.05, 0) is 0 Å². The van der Waals surface area contributed by atoms with Crippen LogP contribution >= 0.6 is 9.47 Å². The highest BCUT2D eigenvalue weighted by molar-refractivity contribution is 7.09. The van der Waals surface area contributed by atoms with Crippen molar-refractivity contribution >= 4 is 15.4 Å². The Labute approximate surface area is 55.8 Å². The van der Waals surface area contributed by atoms with Crippen LogP contribution in [0.25, 0.3) is 0 Å². The standard InChI is InChI=1S/C4H10NO3P/c1-3(2-6)4(7)5-8-9/h3,6H,2,9H2,1H3,(H,5,7)/t3-/m1/s1. The van der Waals surface area contributed by atoms with Crippen LogP contribution in [0.3, 0.4) is 0 Å². The second-order valence-corrected chi connectivity index (χ2v) is 1.90. The number of carbonyl (C=O) groups excluding carboxylic acids is 1. The van der Waals surface area contributed by atoms with Gasteiger partial charge in [-0.3, -0.25) is 9.42 Å². The van der Waals surface area contributed by atoms with Gasteiger partial charge in [0.2, 0.25) is 5.91 Å². The van der Waals surface area contributed by atoms with Crippen molar-refractivity contribution in [3.63, 3.8) is 0 Å². The molecule has 0 aliphatic rings. The number of aliphatic hydroxyl groups is 1. The molecule has 0 aromatic rings. The highest BCUT2D eigenvalue weighted by atomic mass is 31.0. The number of hydrogen-bond donors (Lipinski definition) is 2. The van der Waals surface area contributed by atoms with Crippen LogP contribution in [0.1, 0.15) is 6.92 Å². The summed E-state index contributed by atoms with van der Waals surface area (Å²) < 4.78 is 4.23. The van der Waals surface area contributed by atoms with Crippen LogP contribution in [0.4, 0.5) is 0 Å². The molecule has 0 aliphatic carbocycles. The van der Waals surface area contributed by atoms with Crippen LogP contribution < -0.4 is 5.48 Å². The minimum Gasteiger partial charge on any atom is -0.396 e. The van der Waals surface area contributed by atoms with Crippen LogP contribution in [0.15, 0.2) is 0 Å². The highest BCUT2D eigenvalue weighted by Gasteiger charge is 2.09. The fraction of sp³-hybridized carbons (Fsp3) is 0.750. The fourth-order valence-corrected chi connectivity index (χ4v) is 0.358. The molecule has 0 saturated carbocycles. The van der Waals surface area contributed by atoms with E-state index in [2.05, 4.69) is 10.1 Å². The maximum absolute atomic E-state index is 10.6. The van der Waals surface area contributed by atoms with Crippen LogP contribution in [0, 0.1) is 5.92 Å². The lowest BCUT2D eigenvalue weighted by Crippen LogP contribution is -2.28. The molecule has 9 heavy (non-hydrogen) atoms. The largest absolute Gasteiger partial charge is 0.396 e. The summed E-state index contributed by atoms with van der Waals surface area (Å²) in [6.07, 6.45) is 0. The lowest BCUT2D eigenvalue weighted by atomic mass is 10.2. The van der Waals surface area contributed by atoms with Crippen molar-refractivity contribution in [1.29, 1.82) is 0 Å². The lowest BCUT2D eigenvalue weighted by molar-refractivity contribution is -0.131. The molecular weight excluding hydrogens is 141 g/mol. The van der Waals surface area contributed by atoms with Crippen molar-refractivity contribution in [2.45, 2.75) is 6.92 Å². The Morgan fingerprint density at radius 1 is 2.00 bits per heavy atom. The van der Waals surface area contributed by atoms with Gasteiger partial charge in [-0.2, -0.15) is 0 Å². The molecular formula is C4H10NO3P. The molecule has 0 saturated heterocycles. The summed E-state index contributed by atoms with van der Waals surface area (Å²) in [5.41, 5.74) is 2.06. The van der Waals surface area contributed by atoms with Gasteiger partial charge in [0.1, 0.15) is 0 Å². The summed E-state index contributed by atoms with van der Waals surface area (Å²) in [5.74, 6) is -0.738. The zero-order valence-electron chi connectivity index (χ0n) is 5.13. The van der Waals surface area contributed by atoms with Crippen molar-refractivity contribution in [1.82, 2.24) is 5.48 Å². The molecule has 0 heterocycles. The summed E-state index contributed by atoms with van der Waals surface area (Å²) in [4.78, 5) is 10.6. The van der Waals surface area contributed by atoms with E-state index in [0.717, 1.165) is 0 Å². The normalized spacial score (nSPS) is 12.8. The van der Waals surface area contributed by atoms with Gasteiger partial charge in [0.25, 0.3) is 0 Å². The van der Waals surface area contributed by atoms with E-state index in [1.54, 1.807) is 6.92 Å². The van der Waals surface area contributed by atoms with E-state index in [1.807, 2.05) is 9.47 Å². The zero-order chi connectivity index (χ0) is 7.28. The average molecular weight is 151 g/mol. The first-order valence-electron chi connectivity index (χ1n) is 2.48. The summed E-state index contributed by atoms with van der Waals surface area (Å²) >= 11 is 0. The maximum Gasteiger partial charge on any atom is 0.248 e. The van der Waals surface area contributed by atoms with Gasteiger partial charge in [0, 0.05) is 9.47 Å². The molecule has 0 aliphatic heterocycles. The Bertz CT molecular complexity index is 97.8. The quantitative estimate of drug-likeness (QED) is 0.420. The zero-order valence-corrected chi connectivity index (χ0v) is 6.28. The molecule has 2 N–H and O–H groups in total. The van der Waals surface area contributed by atoms with Crippen molar-refractivity contribution < 1.29 is 14.5 Å². The summed E-state index contributed by atoms with van der Waals surface area (Å²) in [7, 11) is 1.88. The van der Waals surface area contributed by atoms with Crippen molar-refractivity contribution in [2.24, 2.45) is 5.92 Å². The molecule has 4 nitrogen and oxygen atoms in total. The third-order valence-corrected chi connectivity index (χ3v) is 0.999. The van der Waals surface area contributed by atoms with Crippen LogP contribution in [-0.4, -0.2) is 17.6 Å². The predicted octanol–water partition coefficient (Wildman–Crippen LogP) is -0.547. The molecule has 0 aromatic heterocycles. The molecule has 0 aromatic carbocycles. The number of hydrogen-bond acceptors (Lipinski definition) is 3. The number of rotatable bonds is 3. The van der Waals surface area contributed by atoms with Gasteiger partial charge in [0.15, 0.2) is 0 Å².